The second-order valence-corrected chi connectivity index (χ2v) is 18.6. The van der Waals surface area contributed by atoms with Crippen LogP contribution < -0.4 is 31.4 Å². The van der Waals surface area contributed by atoms with Crippen molar-refractivity contribution >= 4 is 63.7 Å². The van der Waals surface area contributed by atoms with E-state index in [1.165, 1.54) is 36.4 Å². The molecule has 5 rings (SSSR count). The van der Waals surface area contributed by atoms with E-state index in [0.29, 0.717) is 31.7 Å². The monoisotopic (exact) mass is 1020 g/mol. The number of benzene rings is 3. The molecule has 73 heavy (non-hydrogen) atoms. The van der Waals surface area contributed by atoms with E-state index in [9.17, 15) is 56.7 Å². The van der Waals surface area contributed by atoms with Crippen molar-refractivity contribution in [3.8, 4) is 28.3 Å². The summed E-state index contributed by atoms with van der Waals surface area (Å²) in [6.07, 6.45) is 1.13. The molecule has 0 aliphatic rings. The molecule has 23 heteroatoms. The van der Waals surface area contributed by atoms with Crippen molar-refractivity contribution in [3.05, 3.63) is 127 Å². The Kier molecular flexibility index (Phi) is 19.7. The van der Waals surface area contributed by atoms with Crippen LogP contribution in [0.25, 0.3) is 22.4 Å². The number of carbonyl (C=O) groups is 7. The Hall–Kier alpha value is -8.57. The van der Waals surface area contributed by atoms with Crippen LogP contribution in [0, 0.1) is 5.41 Å². The largest absolute Gasteiger partial charge is 0.481 e. The Morgan fingerprint density at radius 3 is 1.97 bits per heavy atom. The van der Waals surface area contributed by atoms with Gasteiger partial charge in [-0.25, -0.2) is 14.8 Å². The summed E-state index contributed by atoms with van der Waals surface area (Å²) in [5.74, 6) is -8.55. The van der Waals surface area contributed by atoms with E-state index in [2.05, 4.69) is 31.5 Å². The van der Waals surface area contributed by atoms with E-state index >= 15 is 0 Å². The lowest BCUT2D eigenvalue weighted by Crippen LogP contribution is -2.55. The summed E-state index contributed by atoms with van der Waals surface area (Å²) in [5.41, 5.74) is 5.60. The van der Waals surface area contributed by atoms with E-state index in [1.54, 1.807) is 0 Å². The highest BCUT2D eigenvalue weighted by atomic mass is 32.2. The summed E-state index contributed by atoms with van der Waals surface area (Å²) >= 11 is 0. The molecule has 0 saturated carbocycles. The lowest BCUT2D eigenvalue weighted by atomic mass is 9.87. The molecule has 0 aliphatic carbocycles. The molecule has 3 atom stereocenters. The lowest BCUT2D eigenvalue weighted by Gasteiger charge is -2.27. The number of amides is 4. The Labute approximate surface area is 419 Å². The SMILES string of the molecule is CC(C)(CCCCOc1cc(-c2ccccc2)cc(-c2ccccc2)n1)CNC(=O)C(CC(=O)NC(CC(=O)O)C(=O)NC(CC(=O)O)C(=O)O)NC(=O)c1ccc(N/N=C/c2ccccc2S(=O)(=O)O)nc1. The molecule has 2 aromatic heterocycles. The maximum atomic E-state index is 13.9. The fourth-order valence-electron chi connectivity index (χ4n) is 7.06. The number of aliphatic carboxylic acids is 3. The fraction of sp³-hybridized carbons (Fsp3) is 0.280. The number of hydrogen-bond acceptors (Lipinski definition) is 14. The Balaban J connectivity index is 1.24. The summed E-state index contributed by atoms with van der Waals surface area (Å²) in [5, 5.41) is 41.1. The third kappa shape index (κ3) is 18.0. The van der Waals surface area contributed by atoms with Crippen molar-refractivity contribution in [2.45, 2.75) is 75.4 Å². The fourth-order valence-corrected chi connectivity index (χ4v) is 7.73. The first-order valence-corrected chi connectivity index (χ1v) is 24.0. The van der Waals surface area contributed by atoms with Crippen LogP contribution in [-0.2, 0) is 38.9 Å². The zero-order valence-corrected chi connectivity index (χ0v) is 40.4. The maximum absolute atomic E-state index is 13.9. The van der Waals surface area contributed by atoms with Crippen molar-refractivity contribution in [1.82, 2.24) is 31.2 Å². The van der Waals surface area contributed by atoms with Gasteiger partial charge >= 0.3 is 17.9 Å². The van der Waals surface area contributed by atoms with E-state index in [-0.39, 0.29) is 23.5 Å². The first-order chi connectivity index (χ1) is 34.7. The maximum Gasteiger partial charge on any atom is 0.326 e. The number of rotatable bonds is 27. The normalized spacial score (nSPS) is 12.6. The quantitative estimate of drug-likeness (QED) is 0.0152. The van der Waals surface area contributed by atoms with Gasteiger partial charge < -0.3 is 41.3 Å². The number of unbranched alkanes of at least 4 members (excludes halogenated alkanes) is 1. The Morgan fingerprint density at radius 2 is 1.34 bits per heavy atom. The summed E-state index contributed by atoms with van der Waals surface area (Å²) in [6.45, 7) is 4.19. The molecule has 0 saturated heterocycles. The lowest BCUT2D eigenvalue weighted by molar-refractivity contribution is -0.148. The molecule has 3 unspecified atom stereocenters. The smallest absolute Gasteiger partial charge is 0.326 e. The average Bonchev–Trinajstić information content (AvgIpc) is 3.35. The van der Waals surface area contributed by atoms with Gasteiger partial charge in [0.05, 0.1) is 43.3 Å². The van der Waals surface area contributed by atoms with Crippen molar-refractivity contribution in [1.29, 1.82) is 0 Å². The van der Waals surface area contributed by atoms with Gasteiger partial charge in [0.1, 0.15) is 28.8 Å². The summed E-state index contributed by atoms with van der Waals surface area (Å²) in [6, 6.07) is 26.0. The molecular weight excluding hydrogens is 969 g/mol. The minimum Gasteiger partial charge on any atom is -0.481 e. The van der Waals surface area contributed by atoms with Crippen molar-refractivity contribution < 1.29 is 66.6 Å². The minimum absolute atomic E-state index is 0.0587. The zero-order valence-electron chi connectivity index (χ0n) is 39.6. The molecule has 0 bridgehead atoms. The number of carbonyl (C=O) groups excluding carboxylic acids is 4. The number of hydrazone groups is 1. The molecule has 0 radical (unpaired) electrons. The minimum atomic E-state index is -4.55. The molecule has 0 spiro atoms. The number of hydrogen-bond donors (Lipinski definition) is 9. The van der Waals surface area contributed by atoms with Gasteiger partial charge in [-0.15, -0.1) is 0 Å². The van der Waals surface area contributed by atoms with Crippen LogP contribution in [-0.4, -0.2) is 117 Å². The van der Waals surface area contributed by atoms with Crippen LogP contribution in [0.15, 0.2) is 125 Å². The third-order valence-electron chi connectivity index (χ3n) is 10.9. The Morgan fingerprint density at radius 1 is 0.712 bits per heavy atom. The predicted octanol–water partition coefficient (Wildman–Crippen LogP) is 4.39. The number of nitrogens with one attached hydrogen (secondary N) is 5. The van der Waals surface area contributed by atoms with Gasteiger partial charge in [0.25, 0.3) is 16.0 Å². The van der Waals surface area contributed by atoms with Gasteiger partial charge in [-0.2, -0.15) is 13.5 Å². The second-order valence-electron chi connectivity index (χ2n) is 17.3. The number of carboxylic acid groups (broad SMARTS) is 3. The van der Waals surface area contributed by atoms with Crippen LogP contribution >= 0.6 is 0 Å². The van der Waals surface area contributed by atoms with Crippen LogP contribution in [0.2, 0.25) is 0 Å². The number of aromatic nitrogens is 2. The summed E-state index contributed by atoms with van der Waals surface area (Å²) in [4.78, 5) is 96.8. The van der Waals surface area contributed by atoms with E-state index in [4.69, 9.17) is 14.8 Å². The van der Waals surface area contributed by atoms with Gasteiger partial charge in [0.2, 0.25) is 23.6 Å². The first kappa shape index (κ1) is 55.4. The molecule has 384 valence electrons. The molecule has 0 fully saturated rings. The van der Waals surface area contributed by atoms with Gasteiger partial charge in [-0.1, -0.05) is 92.7 Å². The topological polar surface area (TPSA) is 342 Å². The van der Waals surface area contributed by atoms with E-state index in [0.717, 1.165) is 34.8 Å². The van der Waals surface area contributed by atoms with Crippen LogP contribution in [0.1, 0.15) is 68.3 Å². The molecule has 3 aromatic carbocycles. The van der Waals surface area contributed by atoms with Crippen molar-refractivity contribution in [2.24, 2.45) is 10.5 Å². The molecule has 0 aliphatic heterocycles. The van der Waals surface area contributed by atoms with E-state index in [1.807, 2.05) is 92.0 Å². The highest BCUT2D eigenvalue weighted by molar-refractivity contribution is 7.86. The standard InChI is InChI=1S/C50H54N8O14S/c1-50(2,21-11-12-22-72-43-24-35(31-13-5-3-6-14-31)23-36(55-43)32-15-7-4-8-16-32)30-52-47(65)37(25-42(59)54-38(26-44(60)61)48(66)57-39(49(67)68)27-45(62)63)56-46(64)34-19-20-41(51-28-34)58-53-29-33-17-9-10-18-40(33)73(69,70)71/h3-10,13-20,23-24,28-29,37-39H,11-12,21-22,25-27,30H2,1-2H3,(H,51,58)(H,52,65)(H,54,59)(H,56,64)(H,57,66)(H,60,61)(H,62,63)(H,67,68)(H,69,70,71)/b53-29+. The van der Waals surface area contributed by atoms with E-state index < -0.39 is 99.4 Å². The Bertz CT molecular complexity index is 2850. The molecule has 2 heterocycles. The van der Waals surface area contributed by atoms with Gasteiger partial charge in [-0.05, 0) is 60.1 Å². The zero-order chi connectivity index (χ0) is 53.1. The summed E-state index contributed by atoms with van der Waals surface area (Å²) < 4.78 is 39.1. The van der Waals surface area contributed by atoms with Gasteiger partial charge in [-0.3, -0.25) is 38.7 Å². The molecule has 22 nitrogen and oxygen atoms in total. The van der Waals surface area contributed by atoms with Crippen molar-refractivity contribution in [2.75, 3.05) is 18.6 Å². The molecular formula is C50H54N8O14S. The number of ether oxygens (including phenoxy) is 1. The number of anilines is 1. The third-order valence-corrected chi connectivity index (χ3v) is 11.8. The molecule has 4 amide bonds. The number of pyridine rings is 2. The summed E-state index contributed by atoms with van der Waals surface area (Å²) in [7, 11) is -4.55. The van der Waals surface area contributed by atoms with Crippen LogP contribution in [0.4, 0.5) is 5.82 Å². The highest BCUT2D eigenvalue weighted by Crippen LogP contribution is 2.29. The second kappa shape index (κ2) is 26.0. The molecule has 5 aromatic rings. The first-order valence-electron chi connectivity index (χ1n) is 22.6. The van der Waals surface area contributed by atoms with Gasteiger partial charge in [0.15, 0.2) is 0 Å². The van der Waals surface area contributed by atoms with Crippen molar-refractivity contribution in [3.63, 3.8) is 0 Å². The van der Waals surface area contributed by atoms with Crippen LogP contribution in [0.3, 0.4) is 0 Å². The number of nitrogens with zero attached hydrogens (tertiary/aromatic N) is 3. The molecule has 9 N–H and O–H groups in total. The average molecular weight is 1020 g/mol. The van der Waals surface area contributed by atoms with Crippen LogP contribution in [0.5, 0.6) is 5.88 Å². The predicted molar refractivity (Wildman–Crippen MR) is 265 cm³/mol. The van der Waals surface area contributed by atoms with Gasteiger partial charge in [0, 0.05) is 29.9 Å². The highest BCUT2D eigenvalue weighted by Gasteiger charge is 2.32. The number of carboxylic acids is 3.